The van der Waals surface area contributed by atoms with E-state index in [0.29, 0.717) is 5.96 Å². The number of aliphatic imine (C=N–C) groups is 1. The molecule has 0 rings (SSSR count). The summed E-state index contributed by atoms with van der Waals surface area (Å²) in [6.07, 6.45) is 4.93. The van der Waals surface area contributed by atoms with Gasteiger partial charge in [0, 0.05) is 25.2 Å². The van der Waals surface area contributed by atoms with Crippen molar-refractivity contribution in [3.63, 3.8) is 0 Å². The summed E-state index contributed by atoms with van der Waals surface area (Å²) in [4.78, 5) is 4.29. The SMILES string of the molecule is CCCCCCN=C(N)NCCNC(C)(C)C.I. The summed E-state index contributed by atoms with van der Waals surface area (Å²) >= 11 is 0. The summed E-state index contributed by atoms with van der Waals surface area (Å²) in [6, 6.07) is 0. The average Bonchev–Trinajstić information content (AvgIpc) is 2.23. The fraction of sp³-hybridized carbons (Fsp3) is 0.923. The first-order valence-corrected chi connectivity index (χ1v) is 6.74. The first-order chi connectivity index (χ1) is 7.95. The molecule has 0 aromatic carbocycles. The van der Waals surface area contributed by atoms with E-state index in [2.05, 4.69) is 43.3 Å². The lowest BCUT2D eigenvalue weighted by Crippen LogP contribution is -2.43. The average molecular weight is 370 g/mol. The molecule has 0 heterocycles. The van der Waals surface area contributed by atoms with Crippen molar-refractivity contribution in [2.45, 2.75) is 58.9 Å². The van der Waals surface area contributed by atoms with Crippen molar-refractivity contribution in [1.82, 2.24) is 10.6 Å². The molecule has 0 aromatic heterocycles. The maximum Gasteiger partial charge on any atom is 0.188 e. The minimum absolute atomic E-state index is 0. The molecular weight excluding hydrogens is 339 g/mol. The molecule has 0 unspecified atom stereocenters. The highest BCUT2D eigenvalue weighted by Gasteiger charge is 2.06. The van der Waals surface area contributed by atoms with E-state index < -0.39 is 0 Å². The van der Waals surface area contributed by atoms with Gasteiger partial charge in [-0.1, -0.05) is 26.2 Å². The maximum absolute atomic E-state index is 5.75. The molecular formula is C13H31IN4. The van der Waals surface area contributed by atoms with Crippen LogP contribution in [0.5, 0.6) is 0 Å². The molecule has 0 atom stereocenters. The number of hydrogen-bond acceptors (Lipinski definition) is 2. The molecule has 0 fully saturated rings. The lowest BCUT2D eigenvalue weighted by Gasteiger charge is -2.20. The molecule has 4 N–H and O–H groups in total. The van der Waals surface area contributed by atoms with Crippen LogP contribution in [-0.2, 0) is 0 Å². The Morgan fingerprint density at radius 1 is 1.11 bits per heavy atom. The molecule has 0 aliphatic rings. The van der Waals surface area contributed by atoms with Gasteiger partial charge in [0.15, 0.2) is 5.96 Å². The molecule has 0 aliphatic carbocycles. The van der Waals surface area contributed by atoms with Crippen LogP contribution in [0.1, 0.15) is 53.4 Å². The van der Waals surface area contributed by atoms with E-state index in [1.165, 1.54) is 19.3 Å². The van der Waals surface area contributed by atoms with Crippen LogP contribution in [0.25, 0.3) is 0 Å². The minimum Gasteiger partial charge on any atom is -0.370 e. The van der Waals surface area contributed by atoms with Crippen LogP contribution in [0.15, 0.2) is 4.99 Å². The van der Waals surface area contributed by atoms with Crippen LogP contribution < -0.4 is 16.4 Å². The van der Waals surface area contributed by atoms with Crippen molar-refractivity contribution in [1.29, 1.82) is 0 Å². The fourth-order valence-electron chi connectivity index (χ4n) is 1.42. The van der Waals surface area contributed by atoms with E-state index in [0.717, 1.165) is 26.1 Å². The van der Waals surface area contributed by atoms with Crippen LogP contribution in [0.4, 0.5) is 0 Å². The number of unbranched alkanes of at least 4 members (excludes halogenated alkanes) is 3. The Kier molecular flexibility index (Phi) is 13.5. The fourth-order valence-corrected chi connectivity index (χ4v) is 1.42. The van der Waals surface area contributed by atoms with Crippen LogP contribution in [0, 0.1) is 0 Å². The standard InChI is InChI=1S/C13H30N4.HI/c1-5-6-7-8-9-15-12(14)16-10-11-17-13(2,3)4;/h17H,5-11H2,1-4H3,(H3,14,15,16);1H. The second kappa shape index (κ2) is 12.0. The lowest BCUT2D eigenvalue weighted by atomic mass is 10.1. The van der Waals surface area contributed by atoms with Crippen LogP contribution in [0.3, 0.4) is 0 Å². The Bertz CT molecular complexity index is 212. The van der Waals surface area contributed by atoms with E-state index in [-0.39, 0.29) is 29.5 Å². The van der Waals surface area contributed by atoms with Gasteiger partial charge in [0.2, 0.25) is 0 Å². The quantitative estimate of drug-likeness (QED) is 0.266. The zero-order valence-electron chi connectivity index (χ0n) is 12.4. The van der Waals surface area contributed by atoms with Gasteiger partial charge in [0.25, 0.3) is 0 Å². The molecule has 0 aliphatic heterocycles. The molecule has 5 heteroatoms. The van der Waals surface area contributed by atoms with Crippen molar-refractivity contribution in [3.05, 3.63) is 0 Å². The molecule has 0 saturated carbocycles. The Labute approximate surface area is 130 Å². The minimum atomic E-state index is 0. The first-order valence-electron chi connectivity index (χ1n) is 6.74. The van der Waals surface area contributed by atoms with E-state index in [9.17, 15) is 0 Å². The molecule has 0 bridgehead atoms. The van der Waals surface area contributed by atoms with Crippen molar-refractivity contribution in [2.24, 2.45) is 10.7 Å². The monoisotopic (exact) mass is 370 g/mol. The van der Waals surface area contributed by atoms with Crippen molar-refractivity contribution in [3.8, 4) is 0 Å². The first kappa shape index (κ1) is 20.3. The van der Waals surface area contributed by atoms with E-state index in [1.54, 1.807) is 0 Å². The third-order valence-corrected chi connectivity index (χ3v) is 2.38. The van der Waals surface area contributed by atoms with Gasteiger partial charge in [-0.25, -0.2) is 0 Å². The molecule has 0 spiro atoms. The molecule has 4 nitrogen and oxygen atoms in total. The van der Waals surface area contributed by atoms with Gasteiger partial charge >= 0.3 is 0 Å². The van der Waals surface area contributed by atoms with Gasteiger partial charge in [0.05, 0.1) is 0 Å². The zero-order chi connectivity index (χ0) is 13.1. The summed E-state index contributed by atoms with van der Waals surface area (Å²) in [5, 5.41) is 6.50. The van der Waals surface area contributed by atoms with Crippen LogP contribution >= 0.6 is 24.0 Å². The zero-order valence-corrected chi connectivity index (χ0v) is 14.7. The Morgan fingerprint density at radius 2 is 1.78 bits per heavy atom. The topological polar surface area (TPSA) is 62.4 Å². The van der Waals surface area contributed by atoms with E-state index in [4.69, 9.17) is 5.73 Å². The number of guanidine groups is 1. The Morgan fingerprint density at radius 3 is 2.33 bits per heavy atom. The number of nitrogens with zero attached hydrogens (tertiary/aromatic N) is 1. The summed E-state index contributed by atoms with van der Waals surface area (Å²) in [7, 11) is 0. The highest BCUT2D eigenvalue weighted by molar-refractivity contribution is 14.0. The summed E-state index contributed by atoms with van der Waals surface area (Å²) in [5.74, 6) is 0.567. The molecule has 0 radical (unpaired) electrons. The highest BCUT2D eigenvalue weighted by Crippen LogP contribution is 1.98. The highest BCUT2D eigenvalue weighted by atomic mass is 127. The van der Waals surface area contributed by atoms with Gasteiger partial charge in [-0.2, -0.15) is 0 Å². The number of rotatable bonds is 8. The number of nitrogens with one attached hydrogen (secondary N) is 2. The second-order valence-corrected chi connectivity index (χ2v) is 5.43. The Hall–Kier alpha value is -0.0400. The van der Waals surface area contributed by atoms with Crippen LogP contribution in [-0.4, -0.2) is 31.1 Å². The summed E-state index contributed by atoms with van der Waals surface area (Å²) in [5.41, 5.74) is 5.91. The van der Waals surface area contributed by atoms with E-state index in [1.807, 2.05) is 0 Å². The van der Waals surface area contributed by atoms with Gasteiger partial charge in [-0.15, -0.1) is 24.0 Å². The number of hydrogen-bond donors (Lipinski definition) is 3. The maximum atomic E-state index is 5.75. The lowest BCUT2D eigenvalue weighted by molar-refractivity contribution is 0.428. The molecule has 18 heavy (non-hydrogen) atoms. The predicted octanol–water partition coefficient (Wildman–Crippen LogP) is 2.48. The van der Waals surface area contributed by atoms with Crippen molar-refractivity contribution < 1.29 is 0 Å². The predicted molar refractivity (Wildman–Crippen MR) is 91.8 cm³/mol. The smallest absolute Gasteiger partial charge is 0.188 e. The van der Waals surface area contributed by atoms with Gasteiger partial charge in [-0.3, -0.25) is 4.99 Å². The van der Waals surface area contributed by atoms with Crippen molar-refractivity contribution >= 4 is 29.9 Å². The molecule has 0 aromatic rings. The molecule has 110 valence electrons. The van der Waals surface area contributed by atoms with Crippen molar-refractivity contribution in [2.75, 3.05) is 19.6 Å². The normalized spacial score (nSPS) is 12.1. The van der Waals surface area contributed by atoms with Gasteiger partial charge in [0.1, 0.15) is 0 Å². The third kappa shape index (κ3) is 16.0. The number of halogens is 1. The van der Waals surface area contributed by atoms with Gasteiger partial charge < -0.3 is 16.4 Å². The summed E-state index contributed by atoms with van der Waals surface area (Å²) < 4.78 is 0. The largest absolute Gasteiger partial charge is 0.370 e. The molecule has 0 amide bonds. The number of nitrogens with two attached hydrogens (primary N) is 1. The third-order valence-electron chi connectivity index (χ3n) is 2.38. The second-order valence-electron chi connectivity index (χ2n) is 5.43. The Balaban J connectivity index is 0. The van der Waals surface area contributed by atoms with Gasteiger partial charge in [-0.05, 0) is 27.2 Å². The summed E-state index contributed by atoms with van der Waals surface area (Å²) in [6.45, 7) is 11.2. The van der Waals surface area contributed by atoms with E-state index >= 15 is 0 Å². The van der Waals surface area contributed by atoms with Crippen LogP contribution in [0.2, 0.25) is 0 Å². The molecule has 0 saturated heterocycles.